The third-order valence-electron chi connectivity index (χ3n) is 6.15. The van der Waals surface area contributed by atoms with Crippen LogP contribution in [0.3, 0.4) is 0 Å². The Hall–Kier alpha value is -4.17. The number of rotatable bonds is 9. The Labute approximate surface area is 227 Å². The van der Waals surface area contributed by atoms with Crippen LogP contribution in [-0.4, -0.2) is 35.3 Å². The highest BCUT2D eigenvalue weighted by Crippen LogP contribution is 2.38. The summed E-state index contributed by atoms with van der Waals surface area (Å²) >= 11 is 1.60. The van der Waals surface area contributed by atoms with Crippen LogP contribution in [0.1, 0.15) is 25.8 Å². The van der Waals surface area contributed by atoms with Crippen molar-refractivity contribution >= 4 is 29.6 Å². The van der Waals surface area contributed by atoms with E-state index in [-0.39, 0.29) is 11.8 Å². The predicted octanol–water partition coefficient (Wildman–Crippen LogP) is 6.82. The fourth-order valence-electron chi connectivity index (χ4n) is 4.16. The molecular weight excluding hydrogens is 496 g/mol. The maximum Gasteiger partial charge on any atom is 0.141 e. The number of aromatic hydroxyl groups is 1. The highest BCUT2D eigenvalue weighted by molar-refractivity contribution is 7.99. The summed E-state index contributed by atoms with van der Waals surface area (Å²) in [6.07, 6.45) is 6.47. The molecule has 2 N–H and O–H groups in total. The van der Waals surface area contributed by atoms with E-state index in [1.807, 2.05) is 73.2 Å². The zero-order valence-electron chi connectivity index (χ0n) is 21.6. The molecule has 0 bridgehead atoms. The molecule has 0 aromatic heterocycles. The molecule has 0 saturated heterocycles. The van der Waals surface area contributed by atoms with Crippen molar-refractivity contribution in [3.8, 4) is 17.2 Å². The van der Waals surface area contributed by atoms with Crippen LogP contribution < -0.4 is 14.8 Å². The van der Waals surface area contributed by atoms with Gasteiger partial charge >= 0.3 is 0 Å². The van der Waals surface area contributed by atoms with E-state index in [1.54, 1.807) is 31.0 Å². The molecule has 0 unspecified atom stereocenters. The van der Waals surface area contributed by atoms with Crippen molar-refractivity contribution in [3.05, 3.63) is 96.0 Å². The lowest BCUT2D eigenvalue weighted by Gasteiger charge is -2.32. The third kappa shape index (κ3) is 5.70. The Morgan fingerprint density at radius 3 is 2.68 bits per heavy atom. The van der Waals surface area contributed by atoms with E-state index in [2.05, 4.69) is 29.1 Å². The normalized spacial score (nSPS) is 14.4. The highest BCUT2D eigenvalue weighted by atomic mass is 32.2. The number of anilines is 1. The number of phenols is 1. The minimum atomic E-state index is 0.239. The highest BCUT2D eigenvalue weighted by Gasteiger charge is 2.26. The van der Waals surface area contributed by atoms with E-state index in [4.69, 9.17) is 14.5 Å². The number of hydrogen-bond acceptors (Lipinski definition) is 8. The number of nitrogens with zero attached hydrogens (tertiary/aromatic N) is 3. The van der Waals surface area contributed by atoms with Gasteiger partial charge in [0.2, 0.25) is 0 Å². The van der Waals surface area contributed by atoms with Gasteiger partial charge in [-0.3, -0.25) is 0 Å². The molecule has 0 radical (unpaired) electrons. The second-order valence-corrected chi connectivity index (χ2v) is 10.2. The van der Waals surface area contributed by atoms with Crippen molar-refractivity contribution in [1.29, 1.82) is 0 Å². The van der Waals surface area contributed by atoms with Gasteiger partial charge in [-0.25, -0.2) is 9.98 Å². The second kappa shape index (κ2) is 11.5. The number of hydrogen-bond donors (Lipinski definition) is 2. The van der Waals surface area contributed by atoms with Crippen LogP contribution in [0, 0.1) is 0 Å². The number of amidine groups is 1. The van der Waals surface area contributed by atoms with E-state index >= 15 is 0 Å². The van der Waals surface area contributed by atoms with E-state index in [9.17, 15) is 5.11 Å². The summed E-state index contributed by atoms with van der Waals surface area (Å²) in [6.45, 7) is 4.63. The van der Waals surface area contributed by atoms with Crippen LogP contribution in [0.5, 0.6) is 17.2 Å². The molecule has 0 atom stereocenters. The van der Waals surface area contributed by atoms with Crippen molar-refractivity contribution in [2.45, 2.75) is 42.7 Å². The summed E-state index contributed by atoms with van der Waals surface area (Å²) < 4.78 is 11.7. The Morgan fingerprint density at radius 2 is 1.89 bits per heavy atom. The maximum absolute atomic E-state index is 9.70. The number of methoxy groups -OCH3 is 1. The first-order valence-corrected chi connectivity index (χ1v) is 13.2. The predicted molar refractivity (Wildman–Crippen MR) is 153 cm³/mol. The first-order valence-electron chi connectivity index (χ1n) is 12.4. The molecule has 3 aromatic rings. The number of nitrogens with one attached hydrogen (secondary N) is 1. The molecule has 0 fully saturated rings. The molecule has 0 amide bonds. The first kappa shape index (κ1) is 25.5. The van der Waals surface area contributed by atoms with Crippen molar-refractivity contribution < 1.29 is 14.6 Å². The Morgan fingerprint density at radius 1 is 1.08 bits per heavy atom. The molecule has 2 aliphatic rings. The third-order valence-corrected chi connectivity index (χ3v) is 7.23. The minimum Gasteiger partial charge on any atom is -0.508 e. The zero-order chi connectivity index (χ0) is 26.5. The number of benzene rings is 3. The first-order chi connectivity index (χ1) is 18.5. The lowest BCUT2D eigenvalue weighted by atomic mass is 10.1. The smallest absolute Gasteiger partial charge is 0.141 e. The van der Waals surface area contributed by atoms with Gasteiger partial charge in [0.15, 0.2) is 0 Å². The number of fused-ring (bicyclic) bond motifs is 1. The molecule has 5 rings (SSSR count). The van der Waals surface area contributed by atoms with Gasteiger partial charge in [0, 0.05) is 39.2 Å². The molecule has 7 nitrogen and oxygen atoms in total. The second-order valence-electron chi connectivity index (χ2n) is 9.09. The SMILES string of the molecule is COc1ccccc1COc1ccc(Sc2ccc(O)cc2)c(NC2=C3CC=CN=C3N(C(C)C)C=N2)c1. The summed E-state index contributed by atoms with van der Waals surface area (Å²) in [5.41, 5.74) is 2.88. The average molecular weight is 527 g/mol. The molecule has 3 aromatic carbocycles. The summed E-state index contributed by atoms with van der Waals surface area (Å²) in [6, 6.07) is 21.2. The summed E-state index contributed by atoms with van der Waals surface area (Å²) in [7, 11) is 1.66. The number of allylic oxidation sites excluding steroid dienone is 1. The topological polar surface area (TPSA) is 78.7 Å². The Kier molecular flexibility index (Phi) is 7.70. The molecule has 194 valence electrons. The van der Waals surface area contributed by atoms with Gasteiger partial charge in [-0.2, -0.15) is 0 Å². The minimum absolute atomic E-state index is 0.239. The van der Waals surface area contributed by atoms with E-state index in [0.29, 0.717) is 6.61 Å². The number of ether oxygens (including phenoxy) is 2. The van der Waals surface area contributed by atoms with Crippen molar-refractivity contribution in [3.63, 3.8) is 0 Å². The number of para-hydroxylation sites is 1. The summed E-state index contributed by atoms with van der Waals surface area (Å²) in [5.74, 6) is 3.43. The fourth-order valence-corrected chi connectivity index (χ4v) is 5.05. The van der Waals surface area contributed by atoms with Crippen LogP contribution in [0.4, 0.5) is 5.69 Å². The van der Waals surface area contributed by atoms with Gasteiger partial charge in [-0.15, -0.1) is 0 Å². The summed E-state index contributed by atoms with van der Waals surface area (Å²) in [5, 5.41) is 13.3. The van der Waals surface area contributed by atoms with Gasteiger partial charge in [-0.1, -0.05) is 36.0 Å². The van der Waals surface area contributed by atoms with Crippen molar-refractivity contribution in [2.24, 2.45) is 9.98 Å². The molecule has 2 aliphatic heterocycles. The molecule has 2 heterocycles. The molecule has 0 saturated carbocycles. The van der Waals surface area contributed by atoms with E-state index in [0.717, 1.165) is 56.2 Å². The Balaban J connectivity index is 1.46. The van der Waals surface area contributed by atoms with Gasteiger partial charge < -0.3 is 24.8 Å². The van der Waals surface area contributed by atoms with Crippen LogP contribution in [0.25, 0.3) is 0 Å². The Bertz CT molecular complexity index is 1430. The van der Waals surface area contributed by atoms with Gasteiger partial charge in [0.05, 0.1) is 19.1 Å². The molecule has 38 heavy (non-hydrogen) atoms. The standard InChI is InChI=1S/C30H30N4O3S/c1-20(2)34-19-32-29(25-8-6-16-31-30(25)34)33-26-17-23(37-18-21-7-4-5-9-27(21)36-3)12-15-28(26)38-24-13-10-22(35)11-14-24/h4-7,9-17,19-20,33,35H,8,18H2,1-3H3. The molecule has 8 heteroatoms. The van der Waals surface area contributed by atoms with E-state index in [1.165, 1.54) is 0 Å². The lowest BCUT2D eigenvalue weighted by molar-refractivity contribution is 0.296. The van der Waals surface area contributed by atoms with Crippen LogP contribution in [0.15, 0.2) is 110 Å². The van der Waals surface area contributed by atoms with Crippen molar-refractivity contribution in [1.82, 2.24) is 4.90 Å². The molecule has 0 spiro atoms. The van der Waals surface area contributed by atoms with Crippen LogP contribution >= 0.6 is 11.8 Å². The summed E-state index contributed by atoms with van der Waals surface area (Å²) in [4.78, 5) is 13.5. The van der Waals surface area contributed by atoms with Gasteiger partial charge in [0.1, 0.15) is 35.5 Å². The number of aliphatic imine (C=N–C) groups is 2. The van der Waals surface area contributed by atoms with Gasteiger partial charge in [0.25, 0.3) is 0 Å². The fraction of sp³-hybridized carbons (Fsp3) is 0.200. The monoisotopic (exact) mass is 526 g/mol. The zero-order valence-corrected chi connectivity index (χ0v) is 22.4. The van der Waals surface area contributed by atoms with Crippen LogP contribution in [0.2, 0.25) is 0 Å². The number of phenolic OH excluding ortho intramolecular Hbond substituents is 1. The van der Waals surface area contributed by atoms with Gasteiger partial charge in [-0.05, 0) is 62.7 Å². The lowest BCUT2D eigenvalue weighted by Crippen LogP contribution is -2.40. The molecular formula is C30H30N4O3S. The van der Waals surface area contributed by atoms with E-state index < -0.39 is 0 Å². The average Bonchev–Trinajstić information content (AvgIpc) is 2.94. The quantitative estimate of drug-likeness (QED) is 0.318. The molecule has 0 aliphatic carbocycles. The largest absolute Gasteiger partial charge is 0.508 e. The van der Waals surface area contributed by atoms with Crippen molar-refractivity contribution in [2.75, 3.05) is 12.4 Å². The maximum atomic E-state index is 9.70. The van der Waals surface area contributed by atoms with Crippen LogP contribution in [-0.2, 0) is 6.61 Å².